The molecule has 0 spiro atoms. The minimum absolute atomic E-state index is 0.322. The molecule has 0 unspecified atom stereocenters. The lowest BCUT2D eigenvalue weighted by Crippen LogP contribution is -2.41. The zero-order valence-corrected chi connectivity index (χ0v) is 19.4. The Labute approximate surface area is 193 Å². The molecule has 0 bridgehead atoms. The van der Waals surface area contributed by atoms with E-state index in [2.05, 4.69) is 10.6 Å². The Hall–Kier alpha value is -4.00. The Bertz CT molecular complexity index is 1070. The largest absolute Gasteiger partial charge is 0.493 e. The summed E-state index contributed by atoms with van der Waals surface area (Å²) in [4.78, 5) is 26.2. The minimum Gasteiger partial charge on any atom is -0.493 e. The van der Waals surface area contributed by atoms with Crippen molar-refractivity contribution < 1.29 is 23.8 Å². The molecule has 3 aromatic carbocycles. The Balaban J connectivity index is 2.03. The number of amides is 2. The number of nitrogens with one attached hydrogen (secondary N) is 2. The maximum Gasteiger partial charge on any atom is 0.253 e. The molecule has 0 radical (unpaired) electrons. The van der Waals surface area contributed by atoms with Crippen molar-refractivity contribution in [3.63, 3.8) is 0 Å². The summed E-state index contributed by atoms with van der Waals surface area (Å²) in [5, 5.41) is 5.86. The van der Waals surface area contributed by atoms with Crippen molar-refractivity contribution in [3.8, 4) is 17.2 Å². The van der Waals surface area contributed by atoms with E-state index in [1.807, 2.05) is 38.1 Å². The number of aryl methyl sites for hydroxylation is 2. The van der Waals surface area contributed by atoms with Crippen molar-refractivity contribution in [2.45, 2.75) is 20.0 Å². The first-order valence-electron chi connectivity index (χ1n) is 10.4. The number of ether oxygens (including phenoxy) is 3. The van der Waals surface area contributed by atoms with Crippen molar-refractivity contribution in [1.82, 2.24) is 10.6 Å². The highest BCUT2D eigenvalue weighted by Crippen LogP contribution is 2.39. The Kier molecular flexibility index (Phi) is 7.56. The van der Waals surface area contributed by atoms with Gasteiger partial charge in [-0.25, -0.2) is 0 Å². The summed E-state index contributed by atoms with van der Waals surface area (Å²) in [6, 6.07) is 17.9. The topological polar surface area (TPSA) is 85.9 Å². The van der Waals surface area contributed by atoms with Crippen LogP contribution in [0.1, 0.15) is 43.6 Å². The first kappa shape index (κ1) is 23.7. The summed E-state index contributed by atoms with van der Waals surface area (Å²) in [7, 11) is 4.53. The normalized spacial score (nSPS) is 10.5. The van der Waals surface area contributed by atoms with Crippen LogP contribution in [-0.4, -0.2) is 33.1 Å². The van der Waals surface area contributed by atoms with Gasteiger partial charge in [-0.2, -0.15) is 0 Å². The summed E-state index contributed by atoms with van der Waals surface area (Å²) in [6.07, 6.45) is -0.863. The quantitative estimate of drug-likeness (QED) is 0.505. The molecule has 0 saturated heterocycles. The number of carbonyl (C=O) groups is 2. The molecule has 2 N–H and O–H groups in total. The number of carbonyl (C=O) groups excluding carboxylic acids is 2. The second-order valence-corrected chi connectivity index (χ2v) is 7.47. The predicted molar refractivity (Wildman–Crippen MR) is 126 cm³/mol. The van der Waals surface area contributed by atoms with Crippen LogP contribution in [0.4, 0.5) is 0 Å². The zero-order chi connectivity index (χ0) is 24.0. The van der Waals surface area contributed by atoms with Crippen LogP contribution in [0, 0.1) is 13.8 Å². The third-order valence-electron chi connectivity index (χ3n) is 5.35. The highest BCUT2D eigenvalue weighted by atomic mass is 16.5. The molecular weight excluding hydrogens is 420 g/mol. The maximum absolute atomic E-state index is 13.1. The molecule has 7 heteroatoms. The van der Waals surface area contributed by atoms with Crippen LogP contribution in [0.3, 0.4) is 0 Å². The van der Waals surface area contributed by atoms with E-state index in [0.29, 0.717) is 33.9 Å². The Morgan fingerprint density at radius 3 is 1.48 bits per heavy atom. The molecule has 3 aromatic rings. The van der Waals surface area contributed by atoms with Crippen LogP contribution in [0.15, 0.2) is 60.7 Å². The van der Waals surface area contributed by atoms with E-state index in [1.54, 1.807) is 36.4 Å². The van der Waals surface area contributed by atoms with Gasteiger partial charge >= 0.3 is 0 Å². The number of benzene rings is 3. The fraction of sp³-hybridized carbons (Fsp3) is 0.231. The van der Waals surface area contributed by atoms with Gasteiger partial charge in [-0.1, -0.05) is 36.4 Å². The molecule has 0 heterocycles. The van der Waals surface area contributed by atoms with E-state index in [9.17, 15) is 9.59 Å². The first-order valence-corrected chi connectivity index (χ1v) is 10.4. The number of methoxy groups -OCH3 is 3. The predicted octanol–water partition coefficient (Wildman–Crippen LogP) is 4.19. The van der Waals surface area contributed by atoms with Crippen LogP contribution in [0.5, 0.6) is 17.2 Å². The molecule has 0 fully saturated rings. The second-order valence-electron chi connectivity index (χ2n) is 7.47. The van der Waals surface area contributed by atoms with Crippen LogP contribution in [0.2, 0.25) is 0 Å². The highest BCUT2D eigenvalue weighted by molar-refractivity contribution is 5.98. The second kappa shape index (κ2) is 10.5. The fourth-order valence-electron chi connectivity index (χ4n) is 3.54. The molecule has 172 valence electrons. The van der Waals surface area contributed by atoms with Crippen LogP contribution < -0.4 is 24.8 Å². The van der Waals surface area contributed by atoms with E-state index < -0.39 is 6.17 Å². The van der Waals surface area contributed by atoms with Crippen LogP contribution in [0.25, 0.3) is 0 Å². The van der Waals surface area contributed by atoms with Crippen LogP contribution >= 0.6 is 0 Å². The summed E-state index contributed by atoms with van der Waals surface area (Å²) in [5.41, 5.74) is 3.24. The molecule has 2 amide bonds. The summed E-state index contributed by atoms with van der Waals surface area (Å²) < 4.78 is 16.3. The molecule has 3 rings (SSSR count). The van der Waals surface area contributed by atoms with Crippen molar-refractivity contribution in [2.75, 3.05) is 21.3 Å². The van der Waals surface area contributed by atoms with Gasteiger partial charge in [0, 0.05) is 16.7 Å². The molecule has 0 aliphatic rings. The van der Waals surface area contributed by atoms with Gasteiger partial charge in [0.15, 0.2) is 11.5 Å². The highest BCUT2D eigenvalue weighted by Gasteiger charge is 2.24. The van der Waals surface area contributed by atoms with E-state index in [0.717, 1.165) is 11.1 Å². The summed E-state index contributed by atoms with van der Waals surface area (Å²) >= 11 is 0. The van der Waals surface area contributed by atoms with Gasteiger partial charge in [-0.3, -0.25) is 9.59 Å². The van der Waals surface area contributed by atoms with Gasteiger partial charge in [-0.05, 0) is 49.2 Å². The third kappa shape index (κ3) is 5.26. The molecule has 0 aliphatic heterocycles. The molecule has 0 aliphatic carbocycles. The van der Waals surface area contributed by atoms with Crippen molar-refractivity contribution >= 4 is 11.8 Å². The lowest BCUT2D eigenvalue weighted by molar-refractivity contribution is 0.0882. The smallest absolute Gasteiger partial charge is 0.253 e. The monoisotopic (exact) mass is 448 g/mol. The third-order valence-corrected chi connectivity index (χ3v) is 5.35. The van der Waals surface area contributed by atoms with E-state index >= 15 is 0 Å². The molecule has 0 aromatic heterocycles. The van der Waals surface area contributed by atoms with Gasteiger partial charge < -0.3 is 24.8 Å². The minimum atomic E-state index is -0.863. The summed E-state index contributed by atoms with van der Waals surface area (Å²) in [5.74, 6) is 0.589. The van der Waals surface area contributed by atoms with Crippen molar-refractivity contribution in [1.29, 1.82) is 0 Å². The summed E-state index contributed by atoms with van der Waals surface area (Å²) in [6.45, 7) is 3.71. The van der Waals surface area contributed by atoms with E-state index in [4.69, 9.17) is 14.2 Å². The molecule has 0 saturated carbocycles. The lowest BCUT2D eigenvalue weighted by Gasteiger charge is -2.23. The Morgan fingerprint density at radius 1 is 0.697 bits per heavy atom. The van der Waals surface area contributed by atoms with Gasteiger partial charge in [0.05, 0.1) is 21.3 Å². The maximum atomic E-state index is 13.1. The molecule has 7 nitrogen and oxygen atoms in total. The van der Waals surface area contributed by atoms with Gasteiger partial charge in [-0.15, -0.1) is 0 Å². The molecule has 33 heavy (non-hydrogen) atoms. The van der Waals surface area contributed by atoms with E-state index in [1.165, 1.54) is 21.3 Å². The number of hydrogen-bond donors (Lipinski definition) is 2. The average Bonchev–Trinajstić information content (AvgIpc) is 2.82. The van der Waals surface area contributed by atoms with Crippen molar-refractivity contribution in [2.24, 2.45) is 0 Å². The molecule has 0 atom stereocenters. The van der Waals surface area contributed by atoms with Crippen LogP contribution in [-0.2, 0) is 0 Å². The van der Waals surface area contributed by atoms with Gasteiger partial charge in [0.1, 0.15) is 6.17 Å². The zero-order valence-electron chi connectivity index (χ0n) is 19.4. The van der Waals surface area contributed by atoms with Gasteiger partial charge in [0.2, 0.25) is 5.75 Å². The fourth-order valence-corrected chi connectivity index (χ4v) is 3.54. The van der Waals surface area contributed by atoms with E-state index in [-0.39, 0.29) is 11.8 Å². The number of hydrogen-bond acceptors (Lipinski definition) is 5. The Morgan fingerprint density at radius 2 is 1.12 bits per heavy atom. The lowest BCUT2D eigenvalue weighted by atomic mass is 10.1. The van der Waals surface area contributed by atoms with Gasteiger partial charge in [0.25, 0.3) is 11.8 Å². The first-order chi connectivity index (χ1) is 15.9. The SMILES string of the molecule is COc1cc(C(NC(=O)c2ccccc2C)NC(=O)c2ccccc2C)cc(OC)c1OC. The standard InChI is InChI=1S/C26H28N2O5/c1-16-10-6-8-12-19(16)25(29)27-24(28-26(30)20-13-9-7-11-17(20)2)18-14-21(31-3)23(33-5)22(15-18)32-4/h6-15,24H,1-5H3,(H,27,29)(H,28,30). The van der Waals surface area contributed by atoms with Crippen molar-refractivity contribution in [3.05, 3.63) is 88.5 Å². The average molecular weight is 449 g/mol. The molecular formula is C26H28N2O5. The number of rotatable bonds is 8.